The quantitative estimate of drug-likeness (QED) is 0.564. The lowest BCUT2D eigenvalue weighted by Crippen LogP contribution is -2.58. The van der Waals surface area contributed by atoms with E-state index in [0.29, 0.717) is 36.5 Å². The molecule has 2 aromatic heterocycles. The highest BCUT2D eigenvalue weighted by atomic mass is 35.5. The predicted octanol–water partition coefficient (Wildman–Crippen LogP) is 2.99. The van der Waals surface area contributed by atoms with Gasteiger partial charge in [0.1, 0.15) is 23.7 Å². The van der Waals surface area contributed by atoms with Crippen molar-refractivity contribution in [3.8, 4) is 11.3 Å². The number of allylic oxidation sites excluding steroid dienone is 1. The smallest absolute Gasteiger partial charge is 0.408 e. The Bertz CT molecular complexity index is 1250. The molecule has 1 unspecified atom stereocenters. The van der Waals surface area contributed by atoms with Crippen LogP contribution >= 0.6 is 11.6 Å². The second kappa shape index (κ2) is 9.04. The summed E-state index contributed by atoms with van der Waals surface area (Å²) in [5.41, 5.74) is 1.24. The summed E-state index contributed by atoms with van der Waals surface area (Å²) in [4.78, 5) is 37.6. The number of alkyl halides is 3. The Kier molecular flexibility index (Phi) is 6.02. The van der Waals surface area contributed by atoms with E-state index in [1.54, 1.807) is 12.1 Å². The Hall–Kier alpha value is -3.74. The van der Waals surface area contributed by atoms with E-state index in [-0.39, 0.29) is 22.7 Å². The van der Waals surface area contributed by atoms with Gasteiger partial charge in [-0.05, 0) is 31.6 Å². The normalized spacial score (nSPS) is 22.0. The number of carbonyl (C=O) groups is 2. The van der Waals surface area contributed by atoms with Crippen LogP contribution in [0.3, 0.4) is 0 Å². The molecule has 1 fully saturated rings. The fourth-order valence-corrected chi connectivity index (χ4v) is 4.62. The average Bonchev–Trinajstić information content (AvgIpc) is 3.50. The molecule has 5 heterocycles. The van der Waals surface area contributed by atoms with E-state index in [2.05, 4.69) is 20.6 Å². The van der Waals surface area contributed by atoms with Crippen molar-refractivity contribution < 1.29 is 27.2 Å². The van der Waals surface area contributed by atoms with Crippen LogP contribution in [0.5, 0.6) is 0 Å². The lowest BCUT2D eigenvalue weighted by molar-refractivity contribution is -0.158. The van der Waals surface area contributed by atoms with Gasteiger partial charge in [0.25, 0.3) is 0 Å². The number of pyridine rings is 1. The summed E-state index contributed by atoms with van der Waals surface area (Å²) in [7, 11) is 0. The van der Waals surface area contributed by atoms with E-state index in [9.17, 15) is 22.8 Å². The lowest BCUT2D eigenvalue weighted by atomic mass is 10.1. The molecule has 3 aliphatic rings. The van der Waals surface area contributed by atoms with Crippen molar-refractivity contribution in [2.45, 2.75) is 37.6 Å². The van der Waals surface area contributed by atoms with Gasteiger partial charge < -0.3 is 20.0 Å². The number of rotatable bonds is 4. The molecule has 10 nitrogen and oxygen atoms in total. The minimum Gasteiger partial charge on any atom is -0.444 e. The third-order valence-electron chi connectivity index (χ3n) is 6.23. The highest BCUT2D eigenvalue weighted by Crippen LogP contribution is 2.36. The van der Waals surface area contributed by atoms with Gasteiger partial charge in [0.05, 0.1) is 23.0 Å². The Morgan fingerprint density at radius 1 is 1.36 bits per heavy atom. The number of hydrogen-bond acceptors (Lipinski definition) is 7. The van der Waals surface area contributed by atoms with Crippen LogP contribution < -0.4 is 16.0 Å². The minimum atomic E-state index is -4.61. The number of hydrogen-bond donors (Lipinski definition) is 3. The van der Waals surface area contributed by atoms with Crippen molar-refractivity contribution in [3.63, 3.8) is 0 Å². The van der Waals surface area contributed by atoms with Gasteiger partial charge in [0.15, 0.2) is 12.2 Å². The number of nitrogens with one attached hydrogen (secondary N) is 3. The number of fused-ring (bicyclic) bond motifs is 3. The highest BCUT2D eigenvalue weighted by molar-refractivity contribution is 6.32. The summed E-state index contributed by atoms with van der Waals surface area (Å²) in [5, 5.41) is 7.60. The number of urea groups is 1. The second-order valence-electron chi connectivity index (χ2n) is 8.60. The molecule has 3 atom stereocenters. The monoisotopic (exact) mass is 523 g/mol. The maximum absolute atomic E-state index is 13.4. The summed E-state index contributed by atoms with van der Waals surface area (Å²) < 4.78 is 44.2. The Labute approximate surface area is 208 Å². The molecule has 190 valence electrons. The first kappa shape index (κ1) is 24.0. The molecule has 0 aromatic carbocycles. The first-order chi connectivity index (χ1) is 17.1. The van der Waals surface area contributed by atoms with Gasteiger partial charge in [-0.2, -0.15) is 13.2 Å². The number of anilines is 1. The molecule has 3 amide bonds. The molecule has 0 saturated carbocycles. The van der Waals surface area contributed by atoms with Crippen LogP contribution in [0.4, 0.5) is 23.8 Å². The van der Waals surface area contributed by atoms with Crippen molar-refractivity contribution in [1.82, 2.24) is 30.4 Å². The molecule has 2 aromatic rings. The van der Waals surface area contributed by atoms with Crippen molar-refractivity contribution in [2.75, 3.05) is 18.4 Å². The van der Waals surface area contributed by atoms with Crippen LogP contribution in [0.2, 0.25) is 0 Å². The van der Waals surface area contributed by atoms with Crippen molar-refractivity contribution in [1.29, 1.82) is 0 Å². The van der Waals surface area contributed by atoms with E-state index >= 15 is 0 Å². The molecule has 3 aliphatic heterocycles. The number of dihydropyridines is 1. The molecule has 0 radical (unpaired) electrons. The average molecular weight is 524 g/mol. The first-order valence-corrected chi connectivity index (χ1v) is 11.4. The molecule has 0 spiro atoms. The predicted molar refractivity (Wildman–Crippen MR) is 122 cm³/mol. The van der Waals surface area contributed by atoms with Crippen LogP contribution in [-0.4, -0.2) is 69.1 Å². The second-order valence-corrected chi connectivity index (χ2v) is 9.03. The van der Waals surface area contributed by atoms with E-state index in [1.807, 2.05) is 10.2 Å². The minimum absolute atomic E-state index is 0.0211. The van der Waals surface area contributed by atoms with E-state index in [1.165, 1.54) is 29.8 Å². The van der Waals surface area contributed by atoms with Crippen molar-refractivity contribution >= 4 is 29.4 Å². The third-order valence-corrected chi connectivity index (χ3v) is 6.55. The van der Waals surface area contributed by atoms with Crippen LogP contribution in [0.25, 0.3) is 11.3 Å². The van der Waals surface area contributed by atoms with E-state index in [0.717, 1.165) is 6.92 Å². The van der Waals surface area contributed by atoms with Gasteiger partial charge in [-0.25, -0.2) is 14.8 Å². The zero-order valence-electron chi connectivity index (χ0n) is 18.8. The number of halogens is 4. The van der Waals surface area contributed by atoms with Crippen LogP contribution in [0.15, 0.2) is 58.0 Å². The number of oxazole rings is 1. The molecular weight excluding hydrogens is 503 g/mol. The van der Waals surface area contributed by atoms with Crippen molar-refractivity contribution in [3.05, 3.63) is 53.5 Å². The fraction of sp³-hybridized carbons (Fsp3) is 0.364. The zero-order valence-corrected chi connectivity index (χ0v) is 19.6. The van der Waals surface area contributed by atoms with Gasteiger partial charge in [-0.1, -0.05) is 11.6 Å². The molecule has 2 bridgehead atoms. The maximum Gasteiger partial charge on any atom is 0.408 e. The largest absolute Gasteiger partial charge is 0.444 e. The topological polar surface area (TPSA) is 116 Å². The molecule has 36 heavy (non-hydrogen) atoms. The molecule has 1 saturated heterocycles. The Morgan fingerprint density at radius 3 is 2.89 bits per heavy atom. The van der Waals surface area contributed by atoms with E-state index < -0.39 is 30.2 Å². The van der Waals surface area contributed by atoms with Crippen LogP contribution in [0.1, 0.15) is 13.3 Å². The van der Waals surface area contributed by atoms with Gasteiger partial charge in [-0.15, -0.1) is 0 Å². The SMILES string of the molecule is C[C@@H](NC(=O)C1NC2=C(C=C1Cl)N1CC[C@@H](C1)N2C(=O)Nc1cc(-c2cnco2)ccn1)C(F)(F)F. The van der Waals surface area contributed by atoms with Gasteiger partial charge >= 0.3 is 12.2 Å². The van der Waals surface area contributed by atoms with Crippen LogP contribution in [-0.2, 0) is 4.79 Å². The first-order valence-electron chi connectivity index (χ1n) is 11.1. The maximum atomic E-state index is 13.4. The summed E-state index contributed by atoms with van der Waals surface area (Å²) in [5.74, 6) is 0.0892. The van der Waals surface area contributed by atoms with Crippen LogP contribution in [0, 0.1) is 0 Å². The summed E-state index contributed by atoms with van der Waals surface area (Å²) >= 11 is 6.31. The third kappa shape index (κ3) is 4.45. The standard InChI is InChI=1S/C22H21ClF3N7O3/c1-11(22(24,25)26)29-20(34)18-14(23)7-15-19(31-18)33(13-3-5-32(15)9-13)21(35)30-17-6-12(2-4-28-17)16-8-27-10-36-16/h2,4,6-8,10-11,13,18,31H,3,5,9H2,1H3,(H,29,34)(H,28,30,35)/t11-,13+,18?/m1/s1. The number of nitrogens with zero attached hydrogens (tertiary/aromatic N) is 4. The summed E-state index contributed by atoms with van der Waals surface area (Å²) in [6.45, 7) is 2.04. The number of amides is 3. The van der Waals surface area contributed by atoms with Crippen molar-refractivity contribution in [2.24, 2.45) is 0 Å². The summed E-state index contributed by atoms with van der Waals surface area (Å²) in [6, 6.07) is -0.780. The van der Waals surface area contributed by atoms with E-state index in [4.69, 9.17) is 16.0 Å². The molecule has 14 heteroatoms. The fourth-order valence-electron chi connectivity index (χ4n) is 4.37. The Balaban J connectivity index is 1.39. The molecular formula is C22H21ClF3N7O3. The molecule has 0 aliphatic carbocycles. The van der Waals surface area contributed by atoms with Gasteiger partial charge in [0, 0.05) is 24.8 Å². The Morgan fingerprint density at radius 2 is 2.17 bits per heavy atom. The number of carbonyl (C=O) groups excluding carboxylic acids is 2. The zero-order chi connectivity index (χ0) is 25.6. The highest BCUT2D eigenvalue weighted by Gasteiger charge is 2.45. The molecule has 5 rings (SSSR count). The lowest BCUT2D eigenvalue weighted by Gasteiger charge is -2.41. The number of aromatic nitrogens is 2. The summed E-state index contributed by atoms with van der Waals surface area (Å²) in [6.07, 6.45) is 1.89. The van der Waals surface area contributed by atoms with Gasteiger partial charge in [-0.3, -0.25) is 15.0 Å². The molecule has 3 N–H and O–H groups in total. The van der Waals surface area contributed by atoms with Gasteiger partial charge in [0.2, 0.25) is 5.91 Å².